The van der Waals surface area contributed by atoms with Gasteiger partial charge >= 0.3 is 0 Å². The van der Waals surface area contributed by atoms with Crippen LogP contribution in [0, 0.1) is 5.92 Å². The Morgan fingerprint density at radius 2 is 2.18 bits per heavy atom. The summed E-state index contributed by atoms with van der Waals surface area (Å²) in [6.45, 7) is 0. The Kier molecular flexibility index (Phi) is 4.15. The molecule has 7 heteroatoms. The molecule has 1 aliphatic carbocycles. The molecule has 0 radical (unpaired) electrons. The van der Waals surface area contributed by atoms with Gasteiger partial charge in [-0.1, -0.05) is 6.07 Å². The van der Waals surface area contributed by atoms with Crippen molar-refractivity contribution in [1.29, 1.82) is 0 Å². The molecular formula is C15H18N4O3. The number of amides is 2. The summed E-state index contributed by atoms with van der Waals surface area (Å²) in [7, 11) is 0. The predicted molar refractivity (Wildman–Crippen MR) is 78.7 cm³/mol. The average Bonchev–Trinajstić information content (AvgIpc) is 2.51. The Bertz CT molecular complexity index is 596. The van der Waals surface area contributed by atoms with Gasteiger partial charge < -0.3 is 10.4 Å². The molecule has 1 saturated carbocycles. The zero-order valence-corrected chi connectivity index (χ0v) is 12.0. The van der Waals surface area contributed by atoms with Crippen molar-refractivity contribution in [3.8, 4) is 0 Å². The van der Waals surface area contributed by atoms with E-state index in [2.05, 4.69) is 20.8 Å². The van der Waals surface area contributed by atoms with Crippen LogP contribution in [0.15, 0.2) is 29.5 Å². The van der Waals surface area contributed by atoms with Crippen LogP contribution in [0.4, 0.5) is 0 Å². The molecule has 0 spiro atoms. The summed E-state index contributed by atoms with van der Waals surface area (Å²) in [6, 6.07) is 5.30. The van der Waals surface area contributed by atoms with E-state index < -0.39 is 0 Å². The maximum Gasteiger partial charge on any atom is 0.268 e. The second kappa shape index (κ2) is 6.23. The number of carbonyl (C=O) groups is 2. The summed E-state index contributed by atoms with van der Waals surface area (Å²) < 4.78 is 0. The number of aliphatic hydroxyl groups is 1. The minimum Gasteiger partial charge on any atom is -0.393 e. The van der Waals surface area contributed by atoms with Crippen molar-refractivity contribution in [3.63, 3.8) is 0 Å². The molecule has 1 atom stereocenters. The number of rotatable bonds is 4. The lowest BCUT2D eigenvalue weighted by molar-refractivity contribution is -0.121. The third-order valence-corrected chi connectivity index (χ3v) is 4.08. The molecule has 1 aromatic rings. The number of hydrogen-bond acceptors (Lipinski definition) is 5. The maximum atomic E-state index is 12.3. The van der Waals surface area contributed by atoms with Crippen LogP contribution in [-0.4, -0.2) is 33.7 Å². The van der Waals surface area contributed by atoms with Gasteiger partial charge in [0.05, 0.1) is 17.8 Å². The van der Waals surface area contributed by atoms with Gasteiger partial charge in [-0.15, -0.1) is 0 Å². The van der Waals surface area contributed by atoms with Crippen molar-refractivity contribution < 1.29 is 14.7 Å². The SMILES string of the molecule is O=C1CCC(C(=O)NC(c2ccccn2)C2CC(O)C2)=NN1. The fraction of sp³-hybridized carbons (Fsp3) is 0.467. The molecule has 0 bridgehead atoms. The average molecular weight is 302 g/mol. The van der Waals surface area contributed by atoms with Gasteiger partial charge in [-0.3, -0.25) is 14.6 Å². The predicted octanol–water partition coefficient (Wildman–Crippen LogP) is 0.276. The van der Waals surface area contributed by atoms with E-state index in [0.717, 1.165) is 5.69 Å². The molecule has 1 aromatic heterocycles. The molecule has 2 aliphatic rings. The number of pyridine rings is 1. The minimum absolute atomic E-state index is 0.160. The Morgan fingerprint density at radius 3 is 2.77 bits per heavy atom. The highest BCUT2D eigenvalue weighted by atomic mass is 16.3. The standard InChI is InChI=1S/C15H18N4O3/c20-10-7-9(8-10)14(11-3-1-2-6-16-11)17-15(22)12-4-5-13(21)19-18-12/h1-3,6,9-10,14,20H,4-5,7-8H2,(H,17,22)(H,19,21). The van der Waals surface area contributed by atoms with E-state index in [9.17, 15) is 14.7 Å². The van der Waals surface area contributed by atoms with Crippen molar-refractivity contribution in [2.45, 2.75) is 37.8 Å². The van der Waals surface area contributed by atoms with E-state index in [-0.39, 0.29) is 36.3 Å². The molecule has 1 unspecified atom stereocenters. The molecule has 22 heavy (non-hydrogen) atoms. The van der Waals surface area contributed by atoms with E-state index >= 15 is 0 Å². The van der Waals surface area contributed by atoms with Gasteiger partial charge in [0.1, 0.15) is 5.71 Å². The van der Waals surface area contributed by atoms with Gasteiger partial charge in [0.15, 0.2) is 0 Å². The lowest BCUT2D eigenvalue weighted by Crippen LogP contribution is -2.45. The third-order valence-electron chi connectivity index (χ3n) is 4.08. The molecule has 2 heterocycles. The highest BCUT2D eigenvalue weighted by Gasteiger charge is 2.37. The number of nitrogens with one attached hydrogen (secondary N) is 2. The molecule has 116 valence electrons. The van der Waals surface area contributed by atoms with Gasteiger partial charge in [0.25, 0.3) is 5.91 Å². The molecule has 3 rings (SSSR count). The number of carbonyl (C=O) groups excluding carboxylic acids is 2. The second-order valence-electron chi connectivity index (χ2n) is 5.68. The number of aromatic nitrogens is 1. The van der Waals surface area contributed by atoms with Crippen LogP contribution in [-0.2, 0) is 9.59 Å². The molecule has 7 nitrogen and oxygen atoms in total. The monoisotopic (exact) mass is 302 g/mol. The molecule has 1 aliphatic heterocycles. The normalized spacial score (nSPS) is 25.5. The minimum atomic E-state index is -0.306. The highest BCUT2D eigenvalue weighted by molar-refractivity contribution is 6.39. The fourth-order valence-corrected chi connectivity index (χ4v) is 2.76. The first-order chi connectivity index (χ1) is 10.6. The second-order valence-corrected chi connectivity index (χ2v) is 5.68. The van der Waals surface area contributed by atoms with Crippen LogP contribution in [0.1, 0.15) is 37.4 Å². The van der Waals surface area contributed by atoms with E-state index in [1.54, 1.807) is 6.20 Å². The summed E-state index contributed by atoms with van der Waals surface area (Å²) in [5.74, 6) is -0.315. The zero-order chi connectivity index (χ0) is 15.5. The molecule has 0 aromatic carbocycles. The van der Waals surface area contributed by atoms with E-state index in [1.807, 2.05) is 18.2 Å². The van der Waals surface area contributed by atoms with E-state index in [0.29, 0.717) is 25.0 Å². The van der Waals surface area contributed by atoms with Crippen LogP contribution in [0.25, 0.3) is 0 Å². The van der Waals surface area contributed by atoms with Crippen molar-refractivity contribution in [2.24, 2.45) is 11.0 Å². The molecular weight excluding hydrogens is 284 g/mol. The first-order valence-corrected chi connectivity index (χ1v) is 7.38. The first-order valence-electron chi connectivity index (χ1n) is 7.38. The van der Waals surface area contributed by atoms with Crippen LogP contribution >= 0.6 is 0 Å². The number of nitrogens with zero attached hydrogens (tertiary/aromatic N) is 2. The quantitative estimate of drug-likeness (QED) is 0.743. The Morgan fingerprint density at radius 1 is 1.36 bits per heavy atom. The van der Waals surface area contributed by atoms with Crippen LogP contribution in [0.5, 0.6) is 0 Å². The van der Waals surface area contributed by atoms with Gasteiger partial charge in [0, 0.05) is 19.0 Å². The fourth-order valence-electron chi connectivity index (χ4n) is 2.76. The highest BCUT2D eigenvalue weighted by Crippen LogP contribution is 2.37. The Balaban J connectivity index is 1.73. The third kappa shape index (κ3) is 3.14. The summed E-state index contributed by atoms with van der Waals surface area (Å²) in [5.41, 5.74) is 3.41. The van der Waals surface area contributed by atoms with Crippen LogP contribution in [0.3, 0.4) is 0 Å². The lowest BCUT2D eigenvalue weighted by atomic mass is 9.76. The summed E-state index contributed by atoms with van der Waals surface area (Å²) in [6.07, 6.45) is 3.26. The topological polar surface area (TPSA) is 104 Å². The van der Waals surface area contributed by atoms with Crippen LogP contribution in [0.2, 0.25) is 0 Å². The number of aliphatic hydroxyl groups excluding tert-OH is 1. The van der Waals surface area contributed by atoms with Crippen molar-refractivity contribution in [2.75, 3.05) is 0 Å². The van der Waals surface area contributed by atoms with Gasteiger partial charge in [-0.25, -0.2) is 5.43 Å². The van der Waals surface area contributed by atoms with Gasteiger partial charge in [0.2, 0.25) is 5.91 Å². The molecule has 3 N–H and O–H groups in total. The number of hydrogen-bond donors (Lipinski definition) is 3. The summed E-state index contributed by atoms with van der Waals surface area (Å²) in [4.78, 5) is 27.7. The number of hydrazone groups is 1. The van der Waals surface area contributed by atoms with E-state index in [1.165, 1.54) is 0 Å². The van der Waals surface area contributed by atoms with Crippen molar-refractivity contribution in [1.82, 2.24) is 15.7 Å². The molecule has 2 amide bonds. The van der Waals surface area contributed by atoms with Crippen LogP contribution < -0.4 is 10.7 Å². The van der Waals surface area contributed by atoms with Gasteiger partial charge in [-0.05, 0) is 30.9 Å². The smallest absolute Gasteiger partial charge is 0.268 e. The lowest BCUT2D eigenvalue weighted by Gasteiger charge is -2.37. The summed E-state index contributed by atoms with van der Waals surface area (Å²) in [5, 5.41) is 16.3. The van der Waals surface area contributed by atoms with Crippen molar-refractivity contribution >= 4 is 17.5 Å². The molecule has 0 saturated heterocycles. The maximum absolute atomic E-state index is 12.3. The Hall–Kier alpha value is -2.28. The van der Waals surface area contributed by atoms with E-state index in [4.69, 9.17) is 0 Å². The van der Waals surface area contributed by atoms with Crippen molar-refractivity contribution in [3.05, 3.63) is 30.1 Å². The first kappa shape index (κ1) is 14.6. The zero-order valence-electron chi connectivity index (χ0n) is 12.0. The summed E-state index contributed by atoms with van der Waals surface area (Å²) >= 11 is 0. The van der Waals surface area contributed by atoms with Gasteiger partial charge in [-0.2, -0.15) is 5.10 Å². The largest absolute Gasteiger partial charge is 0.393 e. The Labute approximate surface area is 127 Å². The molecule has 1 fully saturated rings.